The first-order valence-corrected chi connectivity index (χ1v) is 15.5. The molecule has 4 aromatic carbocycles. The largest absolute Gasteiger partial charge is 0.497 e. The van der Waals surface area contributed by atoms with Gasteiger partial charge < -0.3 is 20.1 Å². The van der Waals surface area contributed by atoms with Crippen LogP contribution in [0.4, 0.5) is 17.1 Å². The molecule has 0 spiro atoms. The van der Waals surface area contributed by atoms with Crippen molar-refractivity contribution in [1.82, 2.24) is 5.43 Å². The van der Waals surface area contributed by atoms with Gasteiger partial charge in [0.1, 0.15) is 18.0 Å². The second-order valence-corrected chi connectivity index (χ2v) is 11.9. The van der Waals surface area contributed by atoms with Gasteiger partial charge >= 0.3 is 0 Å². The van der Waals surface area contributed by atoms with Crippen LogP contribution in [0.3, 0.4) is 0 Å². The molecule has 0 fully saturated rings. The van der Waals surface area contributed by atoms with Crippen molar-refractivity contribution in [2.24, 2.45) is 5.10 Å². The number of anilines is 3. The maximum atomic E-state index is 13.6. The van der Waals surface area contributed by atoms with E-state index in [4.69, 9.17) is 21.1 Å². The van der Waals surface area contributed by atoms with Gasteiger partial charge in [0.15, 0.2) is 6.61 Å². The van der Waals surface area contributed by atoms with Gasteiger partial charge in [-0.1, -0.05) is 23.7 Å². The monoisotopic (exact) mass is 663 g/mol. The van der Waals surface area contributed by atoms with Crippen LogP contribution in [-0.2, 0) is 24.4 Å². The van der Waals surface area contributed by atoms with Crippen molar-refractivity contribution >= 4 is 62.6 Å². The molecule has 4 rings (SSSR count). The minimum absolute atomic E-state index is 0.0858. The summed E-state index contributed by atoms with van der Waals surface area (Å²) in [7, 11) is -2.73. The molecule has 3 N–H and O–H groups in total. The van der Waals surface area contributed by atoms with E-state index in [1.165, 1.54) is 56.6 Å². The molecule has 0 radical (unpaired) electrons. The van der Waals surface area contributed by atoms with Crippen molar-refractivity contribution in [3.05, 3.63) is 108 Å². The lowest BCUT2D eigenvalue weighted by molar-refractivity contribution is -0.119. The summed E-state index contributed by atoms with van der Waals surface area (Å²) in [6, 6.07) is 25.2. The van der Waals surface area contributed by atoms with Gasteiger partial charge in [-0.3, -0.25) is 18.7 Å². The first kappa shape index (κ1) is 33.5. The van der Waals surface area contributed by atoms with Crippen LogP contribution in [-0.4, -0.2) is 52.6 Å². The summed E-state index contributed by atoms with van der Waals surface area (Å²) in [5, 5.41) is 9.61. The fraction of sp³-hybridized carbons (Fsp3) is 0.125. The van der Waals surface area contributed by atoms with Gasteiger partial charge in [-0.15, -0.1) is 0 Å². The highest BCUT2D eigenvalue weighted by atomic mass is 35.5. The van der Waals surface area contributed by atoms with E-state index in [2.05, 4.69) is 21.2 Å². The minimum Gasteiger partial charge on any atom is -0.497 e. The SMILES string of the molecule is COc1ccc(N(CC(=O)N/N=C\c2ccc(OCC(=O)Nc3ccccc3Cl)cc2)S(=O)(=O)c2ccc(NC(C)=O)cc2)cc1. The Bertz CT molecular complexity index is 1820. The third-order valence-corrected chi connectivity index (χ3v) is 8.33. The van der Waals surface area contributed by atoms with Crippen LogP contribution >= 0.6 is 11.6 Å². The van der Waals surface area contributed by atoms with Gasteiger partial charge in [-0.2, -0.15) is 5.10 Å². The number of halogens is 1. The van der Waals surface area contributed by atoms with E-state index >= 15 is 0 Å². The van der Waals surface area contributed by atoms with Gasteiger partial charge in [-0.25, -0.2) is 13.8 Å². The highest BCUT2D eigenvalue weighted by molar-refractivity contribution is 7.92. The number of hydrogen-bond donors (Lipinski definition) is 3. The molecule has 0 aliphatic rings. The van der Waals surface area contributed by atoms with E-state index in [0.717, 1.165) is 4.31 Å². The summed E-state index contributed by atoms with van der Waals surface area (Å²) in [6.07, 6.45) is 1.37. The number of rotatable bonds is 13. The molecule has 46 heavy (non-hydrogen) atoms. The number of hydrogen-bond acceptors (Lipinski definition) is 8. The van der Waals surface area contributed by atoms with Gasteiger partial charge in [0.25, 0.3) is 21.8 Å². The van der Waals surface area contributed by atoms with E-state index in [9.17, 15) is 22.8 Å². The molecule has 0 bridgehead atoms. The van der Waals surface area contributed by atoms with E-state index in [1.807, 2.05) is 0 Å². The van der Waals surface area contributed by atoms with Gasteiger partial charge in [0, 0.05) is 12.6 Å². The molecular weight excluding hydrogens is 634 g/mol. The number of amides is 3. The maximum absolute atomic E-state index is 13.6. The second-order valence-electron chi connectivity index (χ2n) is 9.59. The summed E-state index contributed by atoms with van der Waals surface area (Å²) in [5.74, 6) is -0.441. The Kier molecular flexibility index (Phi) is 11.3. The number of nitrogens with one attached hydrogen (secondary N) is 3. The molecule has 4 aromatic rings. The summed E-state index contributed by atoms with van der Waals surface area (Å²) in [5.41, 5.74) is 4.08. The van der Waals surface area contributed by atoms with E-state index < -0.39 is 22.5 Å². The van der Waals surface area contributed by atoms with Crippen molar-refractivity contribution < 1.29 is 32.3 Å². The van der Waals surface area contributed by atoms with Crippen molar-refractivity contribution in [2.75, 3.05) is 35.2 Å². The molecule has 0 unspecified atom stereocenters. The predicted octanol–water partition coefficient (Wildman–Crippen LogP) is 4.67. The number of hydrazone groups is 1. The van der Waals surface area contributed by atoms with Crippen molar-refractivity contribution in [2.45, 2.75) is 11.8 Å². The molecule has 0 saturated heterocycles. The van der Waals surface area contributed by atoms with Crippen molar-refractivity contribution in [3.8, 4) is 11.5 Å². The molecule has 12 nitrogen and oxygen atoms in total. The number of benzene rings is 4. The summed E-state index contributed by atoms with van der Waals surface area (Å²) < 4.78 is 38.9. The Balaban J connectivity index is 1.38. The molecule has 14 heteroatoms. The average Bonchev–Trinajstić information content (AvgIpc) is 3.04. The predicted molar refractivity (Wildman–Crippen MR) is 176 cm³/mol. The van der Waals surface area contributed by atoms with Gasteiger partial charge in [0.05, 0.1) is 34.6 Å². The molecule has 0 aromatic heterocycles. The number of nitrogens with zero attached hydrogens (tertiary/aromatic N) is 2. The van der Waals surface area contributed by atoms with E-state index in [-0.39, 0.29) is 29.0 Å². The Labute approximate surface area is 271 Å². The Morgan fingerprint density at radius 3 is 2.13 bits per heavy atom. The summed E-state index contributed by atoms with van der Waals surface area (Å²) in [4.78, 5) is 36.3. The fourth-order valence-electron chi connectivity index (χ4n) is 4.00. The third-order valence-electron chi connectivity index (χ3n) is 6.21. The third kappa shape index (κ3) is 9.30. The van der Waals surface area contributed by atoms with Gasteiger partial charge in [-0.05, 0) is 90.5 Å². The number of carbonyl (C=O) groups excluding carboxylic acids is 3. The van der Waals surface area contributed by atoms with Crippen LogP contribution in [0.5, 0.6) is 11.5 Å². The smallest absolute Gasteiger partial charge is 0.264 e. The zero-order valence-corrected chi connectivity index (χ0v) is 26.3. The standard InChI is InChI=1S/C32H30ClN5O7S/c1-22(39)35-24-9-17-28(18-10-24)46(42,43)38(25-11-15-26(44-2)16-12-25)20-31(40)37-34-19-23-7-13-27(14-8-23)45-21-32(41)36-30-6-4-3-5-29(30)33/h3-19H,20-21H2,1-2H3,(H,35,39)(H,36,41)(H,37,40)/b34-19-. The lowest BCUT2D eigenvalue weighted by Crippen LogP contribution is -2.39. The van der Waals surface area contributed by atoms with Crippen molar-refractivity contribution in [3.63, 3.8) is 0 Å². The zero-order chi connectivity index (χ0) is 33.1. The number of para-hydroxylation sites is 1. The Morgan fingerprint density at radius 2 is 1.50 bits per heavy atom. The normalized spacial score (nSPS) is 11.0. The molecule has 0 atom stereocenters. The number of ether oxygens (including phenoxy) is 2. The van der Waals surface area contributed by atoms with Crippen LogP contribution in [0.1, 0.15) is 12.5 Å². The lowest BCUT2D eigenvalue weighted by atomic mass is 10.2. The molecule has 0 heterocycles. The molecule has 0 saturated carbocycles. The van der Waals surface area contributed by atoms with Crippen LogP contribution in [0, 0.1) is 0 Å². The Hall–Kier alpha value is -5.40. The molecule has 0 aliphatic carbocycles. The van der Waals surface area contributed by atoms with Crippen molar-refractivity contribution in [1.29, 1.82) is 0 Å². The highest BCUT2D eigenvalue weighted by Gasteiger charge is 2.27. The van der Waals surface area contributed by atoms with Crippen LogP contribution in [0.15, 0.2) is 107 Å². The summed E-state index contributed by atoms with van der Waals surface area (Å²) >= 11 is 6.05. The average molecular weight is 664 g/mol. The van der Waals surface area contributed by atoms with E-state index in [1.54, 1.807) is 60.7 Å². The first-order valence-electron chi connectivity index (χ1n) is 13.7. The number of sulfonamides is 1. The zero-order valence-electron chi connectivity index (χ0n) is 24.8. The Morgan fingerprint density at radius 1 is 0.848 bits per heavy atom. The lowest BCUT2D eigenvalue weighted by Gasteiger charge is -2.24. The maximum Gasteiger partial charge on any atom is 0.264 e. The van der Waals surface area contributed by atoms with Gasteiger partial charge in [0.2, 0.25) is 5.91 Å². The van der Waals surface area contributed by atoms with Crippen LogP contribution in [0.2, 0.25) is 5.02 Å². The highest BCUT2D eigenvalue weighted by Crippen LogP contribution is 2.26. The second kappa shape index (κ2) is 15.5. The minimum atomic E-state index is -4.21. The summed E-state index contributed by atoms with van der Waals surface area (Å²) in [6.45, 7) is 0.526. The van der Waals surface area contributed by atoms with Crippen LogP contribution < -0.4 is 29.8 Å². The molecule has 0 aliphatic heterocycles. The van der Waals surface area contributed by atoms with Crippen LogP contribution in [0.25, 0.3) is 0 Å². The topological polar surface area (TPSA) is 155 Å². The molecular formula is C32H30ClN5O7S. The molecule has 238 valence electrons. The molecule has 3 amide bonds. The first-order chi connectivity index (χ1) is 22.0. The fourth-order valence-corrected chi connectivity index (χ4v) is 5.60. The number of methoxy groups -OCH3 is 1. The van der Waals surface area contributed by atoms with E-state index in [0.29, 0.717) is 33.5 Å². The quantitative estimate of drug-likeness (QED) is 0.139. The number of carbonyl (C=O) groups is 3.